The van der Waals surface area contributed by atoms with Crippen molar-refractivity contribution in [2.24, 2.45) is 7.05 Å². The summed E-state index contributed by atoms with van der Waals surface area (Å²) in [6.45, 7) is 1.52. The topological polar surface area (TPSA) is 55.7 Å². The molecular formula is C21H25N3O3S. The van der Waals surface area contributed by atoms with Gasteiger partial charge in [-0.15, -0.1) is 11.3 Å². The molecule has 3 aromatic rings. The number of amides is 2. The summed E-state index contributed by atoms with van der Waals surface area (Å²) in [4.78, 5) is 15.9. The molecule has 0 unspecified atom stereocenters. The second kappa shape index (κ2) is 9.32. The highest BCUT2D eigenvalue weighted by molar-refractivity contribution is 7.09. The summed E-state index contributed by atoms with van der Waals surface area (Å²) in [7, 11) is 5.19. The summed E-state index contributed by atoms with van der Waals surface area (Å²) in [5.41, 5.74) is 2.03. The molecule has 0 saturated heterocycles. The lowest BCUT2D eigenvalue weighted by atomic mass is 10.2. The van der Waals surface area contributed by atoms with E-state index in [2.05, 4.69) is 5.32 Å². The summed E-state index contributed by atoms with van der Waals surface area (Å²) in [6.07, 6.45) is 1.99. The molecule has 0 spiro atoms. The third-order valence-corrected chi connectivity index (χ3v) is 5.37. The van der Waals surface area contributed by atoms with E-state index in [1.54, 1.807) is 25.6 Å². The molecule has 0 aliphatic heterocycles. The number of aryl methyl sites for hydroxylation is 1. The Kier molecular flexibility index (Phi) is 6.60. The summed E-state index contributed by atoms with van der Waals surface area (Å²) in [5.74, 6) is 1.31. The third-order valence-electron chi connectivity index (χ3n) is 4.51. The maximum atomic E-state index is 12.9. The molecule has 2 aromatic heterocycles. The Balaban J connectivity index is 1.69. The number of thiophene rings is 1. The number of hydrogen-bond acceptors (Lipinski definition) is 4. The zero-order valence-electron chi connectivity index (χ0n) is 16.3. The Labute approximate surface area is 169 Å². The van der Waals surface area contributed by atoms with Crippen molar-refractivity contribution in [3.63, 3.8) is 0 Å². The highest BCUT2D eigenvalue weighted by atomic mass is 32.1. The van der Waals surface area contributed by atoms with Gasteiger partial charge < -0.3 is 24.3 Å². The lowest BCUT2D eigenvalue weighted by Crippen LogP contribution is -2.39. The van der Waals surface area contributed by atoms with Gasteiger partial charge in [-0.1, -0.05) is 12.1 Å². The number of benzene rings is 1. The number of carbonyl (C=O) groups is 1. The summed E-state index contributed by atoms with van der Waals surface area (Å²) >= 11 is 1.65. The molecule has 1 aromatic carbocycles. The molecule has 0 aliphatic rings. The predicted octanol–water partition coefficient (Wildman–Crippen LogP) is 4.02. The van der Waals surface area contributed by atoms with Crippen LogP contribution in [0.2, 0.25) is 0 Å². The first kappa shape index (κ1) is 19.8. The van der Waals surface area contributed by atoms with Gasteiger partial charge in [0.15, 0.2) is 11.5 Å². The van der Waals surface area contributed by atoms with E-state index in [1.165, 1.54) is 0 Å². The first-order chi connectivity index (χ1) is 13.6. The van der Waals surface area contributed by atoms with Gasteiger partial charge in [0, 0.05) is 30.4 Å². The van der Waals surface area contributed by atoms with Crippen LogP contribution in [0.15, 0.2) is 54.0 Å². The van der Waals surface area contributed by atoms with Crippen LogP contribution in [0.5, 0.6) is 11.5 Å². The molecule has 3 rings (SSSR count). The molecule has 0 aliphatic carbocycles. The highest BCUT2D eigenvalue weighted by Gasteiger charge is 2.16. The van der Waals surface area contributed by atoms with Crippen LogP contribution in [-0.4, -0.2) is 29.7 Å². The minimum Gasteiger partial charge on any atom is -0.493 e. The Morgan fingerprint density at radius 1 is 1.11 bits per heavy atom. The van der Waals surface area contributed by atoms with Gasteiger partial charge in [-0.25, -0.2) is 4.79 Å². The number of nitrogens with zero attached hydrogens (tertiary/aromatic N) is 2. The van der Waals surface area contributed by atoms with Crippen LogP contribution in [0.4, 0.5) is 4.79 Å². The van der Waals surface area contributed by atoms with Crippen molar-refractivity contribution in [1.82, 2.24) is 14.8 Å². The minimum atomic E-state index is -0.107. The zero-order chi connectivity index (χ0) is 19.9. The normalized spacial score (nSPS) is 10.5. The van der Waals surface area contributed by atoms with Crippen molar-refractivity contribution in [3.05, 3.63) is 70.2 Å². The Morgan fingerprint density at radius 3 is 2.57 bits per heavy atom. The molecule has 0 saturated carbocycles. The minimum absolute atomic E-state index is 0.107. The molecule has 0 radical (unpaired) electrons. The van der Waals surface area contributed by atoms with E-state index >= 15 is 0 Å². The fraction of sp³-hybridized carbons (Fsp3) is 0.286. The Bertz CT molecular complexity index is 906. The molecular weight excluding hydrogens is 374 g/mol. The van der Waals surface area contributed by atoms with Gasteiger partial charge >= 0.3 is 6.03 Å². The number of urea groups is 1. The number of aromatic nitrogens is 1. The standard InChI is InChI=1S/C21H25N3O3S/c1-23-10-4-6-17(23)14-24(15-18-7-5-11-28-18)21(25)22-13-16-8-9-19(26-2)20(12-16)27-3/h4-12H,13-15H2,1-3H3,(H,22,25). The second-order valence-corrected chi connectivity index (χ2v) is 7.43. The van der Waals surface area contributed by atoms with E-state index < -0.39 is 0 Å². The predicted molar refractivity (Wildman–Crippen MR) is 111 cm³/mol. The monoisotopic (exact) mass is 399 g/mol. The smallest absolute Gasteiger partial charge is 0.318 e. The van der Waals surface area contributed by atoms with Gasteiger partial charge in [-0.3, -0.25) is 0 Å². The number of ether oxygens (including phenoxy) is 2. The van der Waals surface area contributed by atoms with Crippen LogP contribution < -0.4 is 14.8 Å². The first-order valence-corrected chi connectivity index (χ1v) is 9.85. The van der Waals surface area contributed by atoms with Gasteiger partial charge in [0.1, 0.15) is 0 Å². The van der Waals surface area contributed by atoms with Gasteiger partial charge in [-0.05, 0) is 41.3 Å². The van der Waals surface area contributed by atoms with Gasteiger partial charge in [-0.2, -0.15) is 0 Å². The molecule has 148 valence electrons. The number of rotatable bonds is 8. The van der Waals surface area contributed by atoms with Gasteiger partial charge in [0.25, 0.3) is 0 Å². The van der Waals surface area contributed by atoms with Crippen LogP contribution in [0.3, 0.4) is 0 Å². The van der Waals surface area contributed by atoms with Crippen LogP contribution in [0, 0.1) is 0 Å². The lowest BCUT2D eigenvalue weighted by Gasteiger charge is -2.23. The van der Waals surface area contributed by atoms with Crippen molar-refractivity contribution < 1.29 is 14.3 Å². The number of hydrogen-bond donors (Lipinski definition) is 1. The average Bonchev–Trinajstić information content (AvgIpc) is 3.37. The van der Waals surface area contributed by atoms with E-state index in [0.717, 1.165) is 16.1 Å². The fourth-order valence-electron chi connectivity index (χ4n) is 2.93. The van der Waals surface area contributed by atoms with Crippen LogP contribution in [0.25, 0.3) is 0 Å². The van der Waals surface area contributed by atoms with Crippen molar-refractivity contribution >= 4 is 17.4 Å². The molecule has 0 bridgehead atoms. The van der Waals surface area contributed by atoms with E-state index in [4.69, 9.17) is 9.47 Å². The van der Waals surface area contributed by atoms with E-state index in [1.807, 2.05) is 70.6 Å². The summed E-state index contributed by atoms with van der Waals surface area (Å²) in [6, 6.07) is 13.6. The van der Waals surface area contributed by atoms with Crippen LogP contribution >= 0.6 is 11.3 Å². The lowest BCUT2D eigenvalue weighted by molar-refractivity contribution is 0.191. The molecule has 28 heavy (non-hydrogen) atoms. The quantitative estimate of drug-likeness (QED) is 0.623. The summed E-state index contributed by atoms with van der Waals surface area (Å²) < 4.78 is 12.6. The molecule has 0 fully saturated rings. The average molecular weight is 400 g/mol. The summed E-state index contributed by atoms with van der Waals surface area (Å²) in [5, 5.41) is 5.04. The van der Waals surface area contributed by atoms with Gasteiger partial charge in [0.05, 0.1) is 27.3 Å². The van der Waals surface area contributed by atoms with Crippen molar-refractivity contribution in [2.45, 2.75) is 19.6 Å². The highest BCUT2D eigenvalue weighted by Crippen LogP contribution is 2.27. The van der Waals surface area contributed by atoms with Gasteiger partial charge in [0.2, 0.25) is 0 Å². The molecule has 0 atom stereocenters. The maximum Gasteiger partial charge on any atom is 0.318 e. The number of nitrogens with one attached hydrogen (secondary N) is 1. The number of methoxy groups -OCH3 is 2. The van der Waals surface area contributed by atoms with E-state index in [0.29, 0.717) is 31.1 Å². The largest absolute Gasteiger partial charge is 0.493 e. The SMILES string of the molecule is COc1ccc(CNC(=O)N(Cc2cccs2)Cc2cccn2C)cc1OC. The first-order valence-electron chi connectivity index (χ1n) is 8.97. The molecule has 6 nitrogen and oxygen atoms in total. The molecule has 2 amide bonds. The second-order valence-electron chi connectivity index (χ2n) is 6.39. The Hall–Kier alpha value is -2.93. The van der Waals surface area contributed by atoms with Crippen LogP contribution in [0.1, 0.15) is 16.1 Å². The van der Waals surface area contributed by atoms with Crippen LogP contribution in [-0.2, 0) is 26.7 Å². The number of carbonyl (C=O) groups excluding carboxylic acids is 1. The molecule has 1 N–H and O–H groups in total. The Morgan fingerprint density at radius 2 is 1.93 bits per heavy atom. The van der Waals surface area contributed by atoms with Crippen molar-refractivity contribution in [2.75, 3.05) is 14.2 Å². The molecule has 7 heteroatoms. The van der Waals surface area contributed by atoms with Crippen molar-refractivity contribution in [3.8, 4) is 11.5 Å². The zero-order valence-corrected chi connectivity index (χ0v) is 17.2. The fourth-order valence-corrected chi connectivity index (χ4v) is 3.65. The van der Waals surface area contributed by atoms with E-state index in [-0.39, 0.29) is 6.03 Å². The third kappa shape index (κ3) is 4.86. The van der Waals surface area contributed by atoms with Crippen molar-refractivity contribution in [1.29, 1.82) is 0 Å². The molecule has 2 heterocycles. The maximum absolute atomic E-state index is 12.9. The van der Waals surface area contributed by atoms with E-state index in [9.17, 15) is 4.79 Å².